The first-order valence-electron chi connectivity index (χ1n) is 7.50. The third-order valence-electron chi connectivity index (χ3n) is 3.63. The lowest BCUT2D eigenvalue weighted by atomic mass is 10.1. The molecule has 3 rings (SSSR count). The van der Waals surface area contributed by atoms with Crippen LogP contribution in [0.15, 0.2) is 18.3 Å². The molecule has 0 bridgehead atoms. The Labute approximate surface area is 148 Å². The van der Waals surface area contributed by atoms with Crippen molar-refractivity contribution in [1.29, 1.82) is 0 Å². The van der Waals surface area contributed by atoms with E-state index in [9.17, 15) is 4.39 Å². The summed E-state index contributed by atoms with van der Waals surface area (Å²) in [5.74, 6) is 0.0960. The van der Waals surface area contributed by atoms with Gasteiger partial charge in [0.25, 0.3) is 0 Å². The monoisotopic (exact) mass is 365 g/mol. The largest absolute Gasteiger partial charge is 0.364 e. The van der Waals surface area contributed by atoms with Crippen LogP contribution in [0.25, 0.3) is 10.2 Å². The van der Waals surface area contributed by atoms with Gasteiger partial charge in [-0.2, -0.15) is 9.37 Å². The van der Waals surface area contributed by atoms with E-state index in [4.69, 9.17) is 17.3 Å². The zero-order chi connectivity index (χ0) is 17.3. The molecule has 3 N–H and O–H groups in total. The highest BCUT2D eigenvalue weighted by Gasteiger charge is 2.16. The molecule has 8 heteroatoms. The van der Waals surface area contributed by atoms with Crippen molar-refractivity contribution in [2.24, 2.45) is 5.73 Å². The minimum atomic E-state index is -0.499. The lowest BCUT2D eigenvalue weighted by molar-refractivity contribution is 0.569. The van der Waals surface area contributed by atoms with Gasteiger partial charge in [0.05, 0.1) is 10.2 Å². The molecule has 0 amide bonds. The van der Waals surface area contributed by atoms with Crippen molar-refractivity contribution in [2.45, 2.75) is 32.9 Å². The van der Waals surface area contributed by atoms with Gasteiger partial charge in [0.1, 0.15) is 5.82 Å². The first kappa shape index (κ1) is 17.0. The molecule has 3 aromatic rings. The van der Waals surface area contributed by atoms with Gasteiger partial charge >= 0.3 is 0 Å². The van der Waals surface area contributed by atoms with Gasteiger partial charge < -0.3 is 11.1 Å². The highest BCUT2D eigenvalue weighted by Crippen LogP contribution is 2.35. The van der Waals surface area contributed by atoms with Gasteiger partial charge in [0.15, 0.2) is 0 Å². The summed E-state index contributed by atoms with van der Waals surface area (Å²) in [6.45, 7) is 4.24. The Morgan fingerprint density at radius 1 is 1.42 bits per heavy atom. The number of nitrogens with two attached hydrogens (primary N) is 1. The summed E-state index contributed by atoms with van der Waals surface area (Å²) in [7, 11) is 0. The Morgan fingerprint density at radius 2 is 2.21 bits per heavy atom. The number of aromatic nitrogens is 3. The number of fused-ring (bicyclic) bond motifs is 1. The van der Waals surface area contributed by atoms with E-state index in [1.54, 1.807) is 23.5 Å². The smallest absolute Gasteiger partial charge is 0.224 e. The Morgan fingerprint density at radius 3 is 2.92 bits per heavy atom. The quantitative estimate of drug-likeness (QED) is 0.532. The van der Waals surface area contributed by atoms with Gasteiger partial charge in [-0.25, -0.2) is 9.97 Å². The van der Waals surface area contributed by atoms with Crippen LogP contribution in [-0.4, -0.2) is 21.0 Å². The molecule has 0 aliphatic heterocycles. The topological polar surface area (TPSA) is 76.7 Å². The number of thiophene rings is 1. The van der Waals surface area contributed by atoms with Gasteiger partial charge in [-0.1, -0.05) is 6.07 Å². The highest BCUT2D eigenvalue weighted by atomic mass is 35.5. The van der Waals surface area contributed by atoms with Crippen LogP contribution < -0.4 is 11.1 Å². The fourth-order valence-corrected chi connectivity index (χ4v) is 3.96. The molecule has 0 unspecified atom stereocenters. The molecule has 0 aliphatic carbocycles. The van der Waals surface area contributed by atoms with E-state index in [0.29, 0.717) is 11.4 Å². The van der Waals surface area contributed by atoms with E-state index < -0.39 is 5.95 Å². The van der Waals surface area contributed by atoms with Crippen LogP contribution >= 0.6 is 22.9 Å². The van der Waals surface area contributed by atoms with Gasteiger partial charge in [0, 0.05) is 29.2 Å². The maximum absolute atomic E-state index is 13.7. The zero-order valence-corrected chi connectivity index (χ0v) is 14.9. The van der Waals surface area contributed by atoms with Gasteiger partial charge in [-0.05, 0) is 43.5 Å². The van der Waals surface area contributed by atoms with Crippen LogP contribution in [0.1, 0.15) is 22.9 Å². The van der Waals surface area contributed by atoms with Crippen molar-refractivity contribution < 1.29 is 4.39 Å². The number of rotatable bonds is 5. The molecule has 0 radical (unpaired) electrons. The Hall–Kier alpha value is -1.83. The average molecular weight is 366 g/mol. The number of aryl methyl sites for hydroxylation is 1. The summed E-state index contributed by atoms with van der Waals surface area (Å²) < 4.78 is 14.6. The van der Waals surface area contributed by atoms with Crippen molar-refractivity contribution in [2.75, 3.05) is 5.32 Å². The number of nitrogens with one attached hydrogen (secondary N) is 1. The van der Waals surface area contributed by atoms with Gasteiger partial charge in [-0.3, -0.25) is 0 Å². The third-order valence-corrected chi connectivity index (χ3v) is 5.11. The fourth-order valence-electron chi connectivity index (χ4n) is 2.44. The summed E-state index contributed by atoms with van der Waals surface area (Å²) in [4.78, 5) is 13.4. The van der Waals surface area contributed by atoms with E-state index in [2.05, 4.69) is 20.3 Å². The van der Waals surface area contributed by atoms with Crippen LogP contribution in [0.3, 0.4) is 0 Å². The predicted molar refractivity (Wildman–Crippen MR) is 96.0 cm³/mol. The number of hydrogen-bond acceptors (Lipinski definition) is 6. The second-order valence-corrected chi connectivity index (χ2v) is 7.10. The molecule has 126 valence electrons. The first-order valence-corrected chi connectivity index (χ1v) is 8.69. The Kier molecular flexibility index (Phi) is 4.93. The molecule has 24 heavy (non-hydrogen) atoms. The Balaban J connectivity index is 1.96. The molecule has 0 fully saturated rings. The molecule has 3 heterocycles. The molecule has 0 aromatic carbocycles. The van der Waals surface area contributed by atoms with E-state index >= 15 is 0 Å². The molecule has 1 atom stereocenters. The lowest BCUT2D eigenvalue weighted by Crippen LogP contribution is -2.17. The van der Waals surface area contributed by atoms with Gasteiger partial charge in [-0.15, -0.1) is 11.3 Å². The standard InChI is InChI=1S/C16H17ClFN5S/c1-8(19)6-11-9(2)12-13(24-11)15(23-16(17)22-12)21-7-10-4-3-5-20-14(10)18/h3-5,8H,6-7,19H2,1-2H3,(H,21,22,23)/t8-/m0/s1. The molecule has 0 saturated heterocycles. The normalized spacial score (nSPS) is 12.5. The van der Waals surface area contributed by atoms with Crippen LogP contribution in [0.5, 0.6) is 0 Å². The second-order valence-electron chi connectivity index (χ2n) is 5.66. The van der Waals surface area contributed by atoms with Gasteiger partial charge in [0.2, 0.25) is 11.2 Å². The molecule has 0 spiro atoms. The summed E-state index contributed by atoms with van der Waals surface area (Å²) in [5.41, 5.74) is 8.25. The van der Waals surface area contributed by atoms with Crippen LogP contribution in [0.4, 0.5) is 10.2 Å². The van der Waals surface area contributed by atoms with Crippen LogP contribution in [0, 0.1) is 12.9 Å². The molecule has 0 aliphatic rings. The van der Waals surface area contributed by atoms with Crippen molar-refractivity contribution in [3.63, 3.8) is 0 Å². The van der Waals surface area contributed by atoms with Crippen molar-refractivity contribution in [3.8, 4) is 0 Å². The molecule has 0 saturated carbocycles. The summed E-state index contributed by atoms with van der Waals surface area (Å²) in [6, 6.07) is 3.43. The van der Waals surface area contributed by atoms with E-state index in [0.717, 1.165) is 27.1 Å². The first-order chi connectivity index (χ1) is 11.5. The molecule has 3 aromatic heterocycles. The minimum absolute atomic E-state index is 0.0566. The summed E-state index contributed by atoms with van der Waals surface area (Å²) >= 11 is 7.65. The average Bonchev–Trinajstić information content (AvgIpc) is 2.82. The van der Waals surface area contributed by atoms with E-state index in [1.165, 1.54) is 6.20 Å². The number of anilines is 1. The highest BCUT2D eigenvalue weighted by molar-refractivity contribution is 7.19. The number of nitrogens with zero attached hydrogens (tertiary/aromatic N) is 3. The maximum Gasteiger partial charge on any atom is 0.224 e. The van der Waals surface area contributed by atoms with E-state index in [-0.39, 0.29) is 17.9 Å². The molecular weight excluding hydrogens is 349 g/mol. The molecule has 5 nitrogen and oxygen atoms in total. The summed E-state index contributed by atoms with van der Waals surface area (Å²) in [6.07, 6.45) is 2.18. The van der Waals surface area contributed by atoms with Crippen LogP contribution in [-0.2, 0) is 13.0 Å². The number of halogens is 2. The van der Waals surface area contributed by atoms with Crippen molar-refractivity contribution in [1.82, 2.24) is 15.0 Å². The van der Waals surface area contributed by atoms with Crippen LogP contribution in [0.2, 0.25) is 5.28 Å². The second kappa shape index (κ2) is 6.96. The molecular formula is C16H17ClFN5S. The van der Waals surface area contributed by atoms with E-state index in [1.807, 2.05) is 13.8 Å². The lowest BCUT2D eigenvalue weighted by Gasteiger charge is -2.07. The third kappa shape index (κ3) is 3.48. The Bertz CT molecular complexity index is 880. The zero-order valence-electron chi connectivity index (χ0n) is 13.3. The number of hydrogen-bond donors (Lipinski definition) is 2. The maximum atomic E-state index is 13.7. The minimum Gasteiger partial charge on any atom is -0.364 e. The van der Waals surface area contributed by atoms with Crippen molar-refractivity contribution >= 4 is 39.0 Å². The summed E-state index contributed by atoms with van der Waals surface area (Å²) in [5, 5.41) is 3.30. The predicted octanol–water partition coefficient (Wildman–Crippen LogP) is 3.69. The number of pyridine rings is 1. The SMILES string of the molecule is Cc1c(C[C@H](C)N)sc2c(NCc3cccnc3F)nc(Cl)nc12. The van der Waals surface area contributed by atoms with Crippen molar-refractivity contribution in [3.05, 3.63) is 45.6 Å². The fraction of sp³-hybridized carbons (Fsp3) is 0.312.